The van der Waals surface area contributed by atoms with Crippen LogP contribution in [0, 0.1) is 13.8 Å². The number of benzene rings is 2. The highest BCUT2D eigenvalue weighted by Crippen LogP contribution is 2.32. The number of rotatable bonds is 3. The maximum Gasteiger partial charge on any atom is 0.449 e. The number of halogens is 3. The second-order valence-electron chi connectivity index (χ2n) is 6.47. The molecule has 4 nitrogen and oxygen atoms in total. The molecule has 0 amide bonds. The Labute approximate surface area is 153 Å². The fourth-order valence-corrected chi connectivity index (χ4v) is 3.17. The molecule has 0 unspecified atom stereocenters. The predicted molar refractivity (Wildman–Crippen MR) is 95.3 cm³/mol. The summed E-state index contributed by atoms with van der Waals surface area (Å²) in [6.07, 6.45) is -3.16. The van der Waals surface area contributed by atoms with Gasteiger partial charge in [-0.2, -0.15) is 13.2 Å². The van der Waals surface area contributed by atoms with Crippen LogP contribution < -0.4 is 0 Å². The van der Waals surface area contributed by atoms with Gasteiger partial charge in [-0.3, -0.25) is 0 Å². The van der Waals surface area contributed by atoms with Crippen LogP contribution in [0.15, 0.2) is 53.1 Å². The number of hydrogen-bond acceptors (Lipinski definition) is 3. The van der Waals surface area contributed by atoms with Crippen molar-refractivity contribution >= 4 is 11.0 Å². The molecule has 0 radical (unpaired) electrons. The number of para-hydroxylation sites is 2. The molecule has 27 heavy (non-hydrogen) atoms. The summed E-state index contributed by atoms with van der Waals surface area (Å²) in [6, 6.07) is 12.4. The number of aryl methyl sites for hydroxylation is 2. The van der Waals surface area contributed by atoms with Crippen molar-refractivity contribution < 1.29 is 17.6 Å². The minimum atomic E-state index is -4.56. The van der Waals surface area contributed by atoms with Crippen molar-refractivity contribution in [1.82, 2.24) is 14.5 Å². The lowest BCUT2D eigenvalue weighted by atomic mass is 10.1. The average Bonchev–Trinajstić information content (AvgIpc) is 3.20. The number of alkyl halides is 3. The second kappa shape index (κ2) is 6.26. The number of nitrogens with zero attached hydrogens (tertiary/aromatic N) is 3. The van der Waals surface area contributed by atoms with Gasteiger partial charge in [0.05, 0.1) is 23.3 Å². The molecule has 0 aliphatic carbocycles. The minimum absolute atomic E-state index is 0.0796. The molecule has 7 heteroatoms. The van der Waals surface area contributed by atoms with Gasteiger partial charge in [-0.15, -0.1) is 0 Å². The van der Waals surface area contributed by atoms with Crippen molar-refractivity contribution in [2.45, 2.75) is 26.6 Å². The molecule has 0 atom stereocenters. The zero-order valence-electron chi connectivity index (χ0n) is 14.7. The van der Waals surface area contributed by atoms with Crippen molar-refractivity contribution in [2.24, 2.45) is 0 Å². The average molecular weight is 371 g/mol. The Morgan fingerprint density at radius 2 is 1.81 bits per heavy atom. The first-order valence-corrected chi connectivity index (χ1v) is 8.37. The predicted octanol–water partition coefficient (Wildman–Crippen LogP) is 5.38. The summed E-state index contributed by atoms with van der Waals surface area (Å²) in [6.45, 7) is 3.85. The van der Waals surface area contributed by atoms with E-state index in [1.54, 1.807) is 24.3 Å². The molecule has 0 aliphatic rings. The topological polar surface area (TPSA) is 43.9 Å². The Kier molecular flexibility index (Phi) is 4.02. The van der Waals surface area contributed by atoms with E-state index in [0.29, 0.717) is 22.6 Å². The smallest absolute Gasteiger partial charge is 0.444 e. The highest BCUT2D eigenvalue weighted by Gasteiger charge is 2.37. The van der Waals surface area contributed by atoms with Gasteiger partial charge in [0.2, 0.25) is 11.7 Å². The molecular weight excluding hydrogens is 355 g/mol. The van der Waals surface area contributed by atoms with E-state index in [-0.39, 0.29) is 6.54 Å². The quantitative estimate of drug-likeness (QED) is 0.486. The molecule has 0 aliphatic heterocycles. The van der Waals surface area contributed by atoms with Gasteiger partial charge >= 0.3 is 6.18 Å². The monoisotopic (exact) mass is 371 g/mol. The van der Waals surface area contributed by atoms with E-state index in [1.165, 1.54) is 6.26 Å². The van der Waals surface area contributed by atoms with E-state index in [0.717, 1.165) is 21.3 Å². The standard InChI is InChI=1S/C20H16F3N3O/c1-12-7-8-15(13(2)9-12)18-24-14(11-27-18)10-26-17-6-4-3-5-16(17)25-19(26)20(21,22)23/h3-9,11H,10H2,1-2H3. The van der Waals surface area contributed by atoms with E-state index in [9.17, 15) is 13.2 Å². The number of hydrogen-bond donors (Lipinski definition) is 0. The van der Waals surface area contributed by atoms with Crippen LogP contribution in [0.2, 0.25) is 0 Å². The lowest BCUT2D eigenvalue weighted by Crippen LogP contribution is -2.15. The van der Waals surface area contributed by atoms with E-state index >= 15 is 0 Å². The molecule has 4 rings (SSSR count). The van der Waals surface area contributed by atoms with Gasteiger partial charge < -0.3 is 8.98 Å². The highest BCUT2D eigenvalue weighted by molar-refractivity contribution is 5.76. The summed E-state index contributed by atoms with van der Waals surface area (Å²) in [7, 11) is 0. The first-order valence-electron chi connectivity index (χ1n) is 8.37. The SMILES string of the molecule is Cc1ccc(-c2nc(Cn3c(C(F)(F)F)nc4ccccc43)co2)c(C)c1. The van der Waals surface area contributed by atoms with Crippen molar-refractivity contribution in [3.63, 3.8) is 0 Å². The van der Waals surface area contributed by atoms with E-state index < -0.39 is 12.0 Å². The summed E-state index contributed by atoms with van der Waals surface area (Å²) in [5.41, 5.74) is 4.02. The zero-order chi connectivity index (χ0) is 19.2. The largest absolute Gasteiger partial charge is 0.449 e. The fraction of sp³-hybridized carbons (Fsp3) is 0.200. The van der Waals surface area contributed by atoms with Gasteiger partial charge in [0, 0.05) is 5.56 Å². The van der Waals surface area contributed by atoms with Crippen LogP contribution in [0.25, 0.3) is 22.5 Å². The van der Waals surface area contributed by atoms with Gasteiger partial charge in [0.15, 0.2) is 0 Å². The summed E-state index contributed by atoms with van der Waals surface area (Å²) in [5, 5.41) is 0. The molecule has 0 saturated carbocycles. The highest BCUT2D eigenvalue weighted by atomic mass is 19.4. The Bertz CT molecular complexity index is 1130. The Morgan fingerprint density at radius 3 is 2.56 bits per heavy atom. The molecule has 2 aromatic carbocycles. The van der Waals surface area contributed by atoms with Crippen molar-refractivity contribution in [3.05, 3.63) is 71.4 Å². The van der Waals surface area contributed by atoms with E-state index in [2.05, 4.69) is 9.97 Å². The van der Waals surface area contributed by atoms with Crippen LogP contribution in [0.4, 0.5) is 13.2 Å². The van der Waals surface area contributed by atoms with Gasteiger partial charge in [-0.1, -0.05) is 29.8 Å². The summed E-state index contributed by atoms with van der Waals surface area (Å²) in [4.78, 5) is 8.14. The fourth-order valence-electron chi connectivity index (χ4n) is 3.17. The van der Waals surface area contributed by atoms with E-state index in [4.69, 9.17) is 4.42 Å². The zero-order valence-corrected chi connectivity index (χ0v) is 14.7. The Morgan fingerprint density at radius 1 is 1.04 bits per heavy atom. The lowest BCUT2D eigenvalue weighted by Gasteiger charge is -2.09. The third-order valence-electron chi connectivity index (χ3n) is 4.39. The van der Waals surface area contributed by atoms with Crippen molar-refractivity contribution in [3.8, 4) is 11.5 Å². The van der Waals surface area contributed by atoms with Gasteiger partial charge in [0.25, 0.3) is 0 Å². The molecule has 0 N–H and O–H groups in total. The maximum atomic E-state index is 13.4. The number of imidazole rings is 1. The van der Waals surface area contributed by atoms with E-state index in [1.807, 2.05) is 32.0 Å². The molecule has 2 aromatic heterocycles. The maximum absolute atomic E-state index is 13.4. The molecule has 2 heterocycles. The van der Waals surface area contributed by atoms with Crippen LogP contribution in [-0.4, -0.2) is 14.5 Å². The van der Waals surface area contributed by atoms with Crippen molar-refractivity contribution in [2.75, 3.05) is 0 Å². The first kappa shape index (κ1) is 17.3. The lowest BCUT2D eigenvalue weighted by molar-refractivity contribution is -0.146. The molecule has 0 bridgehead atoms. The van der Waals surface area contributed by atoms with Crippen LogP contribution >= 0.6 is 0 Å². The summed E-state index contributed by atoms with van der Waals surface area (Å²) in [5.74, 6) is -0.555. The molecule has 4 aromatic rings. The Hall–Kier alpha value is -3.09. The normalized spacial score (nSPS) is 12.0. The van der Waals surface area contributed by atoms with Crippen LogP contribution in [0.3, 0.4) is 0 Å². The molecule has 0 spiro atoms. The summed E-state index contributed by atoms with van der Waals surface area (Å²) < 4.78 is 46.9. The van der Waals surface area contributed by atoms with Gasteiger partial charge in [0.1, 0.15) is 6.26 Å². The summed E-state index contributed by atoms with van der Waals surface area (Å²) >= 11 is 0. The molecular formula is C20H16F3N3O. The van der Waals surface area contributed by atoms with Gasteiger partial charge in [-0.25, -0.2) is 9.97 Å². The Balaban J connectivity index is 1.74. The third-order valence-corrected chi connectivity index (χ3v) is 4.39. The van der Waals surface area contributed by atoms with Crippen LogP contribution in [0.5, 0.6) is 0 Å². The first-order chi connectivity index (χ1) is 12.8. The third kappa shape index (κ3) is 3.20. The molecule has 138 valence electrons. The molecule has 0 saturated heterocycles. The van der Waals surface area contributed by atoms with Crippen molar-refractivity contribution in [1.29, 1.82) is 0 Å². The van der Waals surface area contributed by atoms with Crippen LogP contribution in [0.1, 0.15) is 22.6 Å². The number of fused-ring (bicyclic) bond motifs is 1. The number of oxazole rings is 1. The minimum Gasteiger partial charge on any atom is -0.444 e. The molecule has 0 fully saturated rings. The number of aromatic nitrogens is 3. The second-order valence-corrected chi connectivity index (χ2v) is 6.47. The van der Waals surface area contributed by atoms with Gasteiger partial charge in [-0.05, 0) is 37.6 Å². The van der Waals surface area contributed by atoms with Crippen LogP contribution in [-0.2, 0) is 12.7 Å².